The standard InChI is InChI=1S/C17H32O4Si/c1-14(21-22(6,7)17(2,3)4)12-13-15(18)10-8-9-11-16(19)20-5/h8-11,14-15,18H,12-13H2,1-7H3/b10-8+,11-9+/t14-,15-/m1/s1. The molecule has 0 amide bonds. The number of hydrogen-bond acceptors (Lipinski definition) is 4. The van der Waals surface area contributed by atoms with E-state index in [9.17, 15) is 9.90 Å². The normalized spacial score (nSPS) is 16.2. The Morgan fingerprint density at radius 2 is 1.82 bits per heavy atom. The second-order valence-electron chi connectivity index (χ2n) is 7.10. The number of ether oxygens (including phenoxy) is 1. The van der Waals surface area contributed by atoms with Gasteiger partial charge >= 0.3 is 5.97 Å². The molecule has 0 bridgehead atoms. The number of carbonyl (C=O) groups excluding carboxylic acids is 1. The van der Waals surface area contributed by atoms with Gasteiger partial charge in [-0.1, -0.05) is 39.0 Å². The molecule has 1 N–H and O–H groups in total. The van der Waals surface area contributed by atoms with Gasteiger partial charge in [0, 0.05) is 12.2 Å². The zero-order valence-corrected chi connectivity index (χ0v) is 16.1. The number of methoxy groups -OCH3 is 1. The Morgan fingerprint density at radius 1 is 1.23 bits per heavy atom. The van der Waals surface area contributed by atoms with E-state index in [-0.39, 0.29) is 11.1 Å². The molecule has 0 radical (unpaired) electrons. The highest BCUT2D eigenvalue weighted by molar-refractivity contribution is 6.74. The molecule has 0 fully saturated rings. The van der Waals surface area contributed by atoms with Crippen molar-refractivity contribution in [2.45, 2.75) is 70.9 Å². The maximum Gasteiger partial charge on any atom is 0.330 e. The minimum atomic E-state index is -1.75. The molecule has 0 spiro atoms. The van der Waals surface area contributed by atoms with Crippen LogP contribution in [0.15, 0.2) is 24.3 Å². The first-order valence-corrected chi connectivity index (χ1v) is 10.7. The monoisotopic (exact) mass is 328 g/mol. The van der Waals surface area contributed by atoms with E-state index >= 15 is 0 Å². The van der Waals surface area contributed by atoms with Gasteiger partial charge in [-0.05, 0) is 37.9 Å². The summed E-state index contributed by atoms with van der Waals surface area (Å²) in [7, 11) is -0.422. The fraction of sp³-hybridized carbons (Fsp3) is 0.706. The number of aliphatic hydroxyl groups is 1. The predicted molar refractivity (Wildman–Crippen MR) is 93.3 cm³/mol. The minimum Gasteiger partial charge on any atom is -0.466 e. The Labute approximate surface area is 136 Å². The SMILES string of the molecule is COC(=O)/C=C/C=C/[C@@H](O)CC[C@@H](C)O[Si](C)(C)C(C)(C)C. The fourth-order valence-electron chi connectivity index (χ4n) is 1.63. The van der Waals surface area contributed by atoms with E-state index in [0.29, 0.717) is 6.42 Å². The number of esters is 1. The van der Waals surface area contributed by atoms with Crippen molar-refractivity contribution in [3.63, 3.8) is 0 Å². The average Bonchev–Trinajstić information content (AvgIpc) is 2.39. The summed E-state index contributed by atoms with van der Waals surface area (Å²) in [6.45, 7) is 13.2. The van der Waals surface area contributed by atoms with Crippen LogP contribution in [0.1, 0.15) is 40.5 Å². The van der Waals surface area contributed by atoms with Gasteiger partial charge in [0.05, 0.1) is 13.2 Å². The first-order chi connectivity index (χ1) is 9.99. The highest BCUT2D eigenvalue weighted by atomic mass is 28.4. The van der Waals surface area contributed by atoms with Crippen LogP contribution in [-0.4, -0.2) is 38.7 Å². The quantitative estimate of drug-likeness (QED) is 0.318. The van der Waals surface area contributed by atoms with Crippen molar-refractivity contribution in [2.24, 2.45) is 0 Å². The van der Waals surface area contributed by atoms with Crippen molar-refractivity contribution in [2.75, 3.05) is 7.11 Å². The zero-order valence-electron chi connectivity index (χ0n) is 15.1. The summed E-state index contributed by atoms with van der Waals surface area (Å²) in [5.41, 5.74) is 0. The van der Waals surface area contributed by atoms with Crippen molar-refractivity contribution >= 4 is 14.3 Å². The van der Waals surface area contributed by atoms with E-state index in [4.69, 9.17) is 4.43 Å². The van der Waals surface area contributed by atoms with Gasteiger partial charge in [0.1, 0.15) is 0 Å². The molecule has 128 valence electrons. The fourth-order valence-corrected chi connectivity index (χ4v) is 3.11. The van der Waals surface area contributed by atoms with Crippen LogP contribution in [0.4, 0.5) is 0 Å². The van der Waals surface area contributed by atoms with Crippen molar-refractivity contribution in [3.8, 4) is 0 Å². The predicted octanol–water partition coefficient (Wildman–Crippen LogP) is 3.82. The Morgan fingerprint density at radius 3 is 2.32 bits per heavy atom. The van der Waals surface area contributed by atoms with Gasteiger partial charge in [0.2, 0.25) is 0 Å². The molecule has 0 aromatic carbocycles. The lowest BCUT2D eigenvalue weighted by Gasteiger charge is -2.38. The van der Waals surface area contributed by atoms with Crippen molar-refractivity contribution in [1.82, 2.24) is 0 Å². The number of rotatable bonds is 8. The number of hydrogen-bond donors (Lipinski definition) is 1. The van der Waals surface area contributed by atoms with E-state index in [1.54, 1.807) is 18.2 Å². The largest absolute Gasteiger partial charge is 0.466 e. The van der Waals surface area contributed by atoms with Gasteiger partial charge in [0.15, 0.2) is 8.32 Å². The highest BCUT2D eigenvalue weighted by Crippen LogP contribution is 2.37. The number of allylic oxidation sites excluding steroid dienone is 2. The summed E-state index contributed by atoms with van der Waals surface area (Å²) in [6.07, 6.45) is 7.23. The first kappa shape index (κ1) is 21.1. The summed E-state index contributed by atoms with van der Waals surface area (Å²) >= 11 is 0. The maximum absolute atomic E-state index is 10.9. The van der Waals surface area contributed by atoms with E-state index < -0.39 is 20.4 Å². The molecule has 0 saturated heterocycles. The Hall–Kier alpha value is -0.913. The molecule has 0 unspecified atom stereocenters. The molecule has 0 heterocycles. The van der Waals surface area contributed by atoms with E-state index in [2.05, 4.69) is 45.5 Å². The van der Waals surface area contributed by atoms with Gasteiger partial charge in [-0.3, -0.25) is 0 Å². The van der Waals surface area contributed by atoms with Crippen LogP contribution >= 0.6 is 0 Å². The van der Waals surface area contributed by atoms with E-state index in [0.717, 1.165) is 6.42 Å². The summed E-state index contributed by atoms with van der Waals surface area (Å²) < 4.78 is 10.7. The highest BCUT2D eigenvalue weighted by Gasteiger charge is 2.38. The van der Waals surface area contributed by atoms with Crippen LogP contribution in [0.3, 0.4) is 0 Å². The third-order valence-electron chi connectivity index (χ3n) is 4.05. The first-order valence-electron chi connectivity index (χ1n) is 7.78. The van der Waals surface area contributed by atoms with Gasteiger partial charge in [0.25, 0.3) is 0 Å². The van der Waals surface area contributed by atoms with Crippen molar-refractivity contribution in [1.29, 1.82) is 0 Å². The summed E-state index contributed by atoms with van der Waals surface area (Å²) in [4.78, 5) is 10.9. The van der Waals surface area contributed by atoms with Crippen LogP contribution in [0.5, 0.6) is 0 Å². The molecular weight excluding hydrogens is 296 g/mol. The lowest BCUT2D eigenvalue weighted by molar-refractivity contribution is -0.134. The van der Waals surface area contributed by atoms with Gasteiger partial charge in [-0.25, -0.2) is 4.79 Å². The lowest BCUT2D eigenvalue weighted by atomic mass is 10.1. The molecule has 0 aliphatic carbocycles. The zero-order chi connectivity index (χ0) is 17.4. The smallest absolute Gasteiger partial charge is 0.330 e. The van der Waals surface area contributed by atoms with Gasteiger partial charge < -0.3 is 14.3 Å². The molecule has 0 rings (SSSR count). The second-order valence-corrected chi connectivity index (χ2v) is 11.9. The maximum atomic E-state index is 10.9. The third-order valence-corrected chi connectivity index (χ3v) is 8.65. The third kappa shape index (κ3) is 8.51. The van der Waals surface area contributed by atoms with Crippen LogP contribution in [0, 0.1) is 0 Å². The number of aliphatic hydroxyl groups excluding tert-OH is 1. The van der Waals surface area contributed by atoms with E-state index in [1.165, 1.54) is 13.2 Å². The van der Waals surface area contributed by atoms with Crippen LogP contribution in [0.25, 0.3) is 0 Å². The topological polar surface area (TPSA) is 55.8 Å². The molecule has 0 aromatic rings. The van der Waals surface area contributed by atoms with Crippen LogP contribution in [0.2, 0.25) is 18.1 Å². The molecule has 0 saturated carbocycles. The Kier molecular flexibility index (Phi) is 8.89. The van der Waals surface area contributed by atoms with Crippen molar-refractivity contribution in [3.05, 3.63) is 24.3 Å². The lowest BCUT2D eigenvalue weighted by Crippen LogP contribution is -2.43. The molecule has 22 heavy (non-hydrogen) atoms. The van der Waals surface area contributed by atoms with Gasteiger partial charge in [-0.2, -0.15) is 0 Å². The Bertz CT molecular complexity index is 394. The average molecular weight is 329 g/mol. The molecule has 5 heteroatoms. The van der Waals surface area contributed by atoms with Gasteiger partial charge in [-0.15, -0.1) is 0 Å². The summed E-state index contributed by atoms with van der Waals surface area (Å²) in [5, 5.41) is 10.1. The molecule has 0 aliphatic rings. The summed E-state index contributed by atoms with van der Waals surface area (Å²) in [6, 6.07) is 0. The van der Waals surface area contributed by atoms with Crippen LogP contribution in [-0.2, 0) is 14.0 Å². The number of carbonyl (C=O) groups is 1. The van der Waals surface area contributed by atoms with Crippen LogP contribution < -0.4 is 0 Å². The molecular formula is C17H32O4Si. The summed E-state index contributed by atoms with van der Waals surface area (Å²) in [5.74, 6) is -0.407. The minimum absolute atomic E-state index is 0.134. The van der Waals surface area contributed by atoms with E-state index in [1.807, 2.05) is 0 Å². The Balaban J connectivity index is 4.20. The molecule has 0 aliphatic heterocycles. The molecule has 4 nitrogen and oxygen atoms in total. The van der Waals surface area contributed by atoms with Crippen molar-refractivity contribution < 1.29 is 19.1 Å². The second kappa shape index (κ2) is 9.28. The molecule has 2 atom stereocenters. The molecule has 0 aromatic heterocycles.